The predicted octanol–water partition coefficient (Wildman–Crippen LogP) is 4.55. The van der Waals surface area contributed by atoms with Crippen LogP contribution < -0.4 is 10.9 Å². The lowest BCUT2D eigenvalue weighted by Crippen LogP contribution is -2.12. The number of nitrogens with zero attached hydrogens (tertiary/aromatic N) is 1. The highest BCUT2D eigenvalue weighted by atomic mass is 19.1. The summed E-state index contributed by atoms with van der Waals surface area (Å²) < 4.78 is 18.2. The molecule has 0 bridgehead atoms. The Morgan fingerprint density at radius 3 is 2.46 bits per heavy atom. The zero-order valence-electron chi connectivity index (χ0n) is 14.9. The molecule has 2 aromatic carbocycles. The summed E-state index contributed by atoms with van der Waals surface area (Å²) in [7, 11) is 0. The molecule has 4 rings (SSSR count). The molecule has 1 amide bonds. The number of pyridine rings is 1. The lowest BCUT2D eigenvalue weighted by molar-refractivity contribution is 0.102. The van der Waals surface area contributed by atoms with Gasteiger partial charge in [0.05, 0.1) is 6.20 Å². The van der Waals surface area contributed by atoms with Gasteiger partial charge in [-0.2, -0.15) is 0 Å². The molecule has 0 spiro atoms. The molecule has 2 aromatic heterocycles. The van der Waals surface area contributed by atoms with E-state index in [4.69, 9.17) is 4.42 Å². The van der Waals surface area contributed by atoms with E-state index in [0.717, 1.165) is 28.3 Å². The maximum absolute atomic E-state index is 12.9. The number of aryl methyl sites for hydroxylation is 1. The van der Waals surface area contributed by atoms with E-state index in [2.05, 4.69) is 10.3 Å². The Morgan fingerprint density at radius 2 is 1.75 bits per heavy atom. The second kappa shape index (κ2) is 7.08. The summed E-state index contributed by atoms with van der Waals surface area (Å²) in [5.41, 5.74) is 3.18. The van der Waals surface area contributed by atoms with Crippen LogP contribution in [-0.4, -0.2) is 10.9 Å². The highest BCUT2D eigenvalue weighted by molar-refractivity contribution is 6.04. The largest absolute Gasteiger partial charge is 0.423 e. The van der Waals surface area contributed by atoms with E-state index >= 15 is 0 Å². The van der Waals surface area contributed by atoms with E-state index in [1.54, 1.807) is 18.2 Å². The Morgan fingerprint density at radius 1 is 1.00 bits per heavy atom. The van der Waals surface area contributed by atoms with Crippen LogP contribution in [0.4, 0.5) is 10.2 Å². The maximum Gasteiger partial charge on any atom is 0.336 e. The molecular formula is C22H15FN2O3. The van der Waals surface area contributed by atoms with Crippen molar-refractivity contribution < 1.29 is 13.6 Å². The molecule has 6 heteroatoms. The summed E-state index contributed by atoms with van der Waals surface area (Å²) in [6.07, 6.45) is 1.04. The van der Waals surface area contributed by atoms with E-state index in [9.17, 15) is 14.0 Å². The van der Waals surface area contributed by atoms with E-state index in [1.807, 2.05) is 31.2 Å². The van der Waals surface area contributed by atoms with Gasteiger partial charge in [0.2, 0.25) is 0 Å². The van der Waals surface area contributed by atoms with Gasteiger partial charge in [-0.3, -0.25) is 4.79 Å². The molecular weight excluding hydrogens is 359 g/mol. The van der Waals surface area contributed by atoms with Gasteiger partial charge in [-0.15, -0.1) is 0 Å². The number of anilines is 1. The van der Waals surface area contributed by atoms with Crippen LogP contribution >= 0.6 is 0 Å². The first-order valence-electron chi connectivity index (χ1n) is 8.57. The van der Waals surface area contributed by atoms with Crippen LogP contribution in [0.5, 0.6) is 0 Å². The molecule has 28 heavy (non-hydrogen) atoms. The molecule has 1 N–H and O–H groups in total. The molecule has 4 aromatic rings. The number of nitrogens with one attached hydrogen (secondary N) is 1. The van der Waals surface area contributed by atoms with Gasteiger partial charge < -0.3 is 9.73 Å². The van der Waals surface area contributed by atoms with Crippen molar-refractivity contribution in [3.63, 3.8) is 0 Å². The molecule has 0 aliphatic carbocycles. The fourth-order valence-electron chi connectivity index (χ4n) is 2.96. The number of fused-ring (bicyclic) bond motifs is 1. The van der Waals surface area contributed by atoms with Gasteiger partial charge in [-0.25, -0.2) is 14.2 Å². The summed E-state index contributed by atoms with van der Waals surface area (Å²) in [6, 6.07) is 16.7. The van der Waals surface area contributed by atoms with Crippen LogP contribution in [0.3, 0.4) is 0 Å². The van der Waals surface area contributed by atoms with E-state index in [0.29, 0.717) is 11.1 Å². The van der Waals surface area contributed by atoms with Gasteiger partial charge in [-0.05, 0) is 53.9 Å². The van der Waals surface area contributed by atoms with Crippen molar-refractivity contribution in [2.24, 2.45) is 0 Å². The number of halogens is 1. The maximum atomic E-state index is 12.9. The van der Waals surface area contributed by atoms with Crippen LogP contribution in [0.1, 0.15) is 15.9 Å². The van der Waals surface area contributed by atoms with Crippen LogP contribution in [0.25, 0.3) is 22.1 Å². The van der Waals surface area contributed by atoms with Crippen molar-refractivity contribution in [1.29, 1.82) is 0 Å². The van der Waals surface area contributed by atoms with E-state index < -0.39 is 5.82 Å². The molecule has 0 saturated carbocycles. The summed E-state index contributed by atoms with van der Waals surface area (Å²) in [6.45, 7) is 1.86. The first-order valence-corrected chi connectivity index (χ1v) is 8.57. The van der Waals surface area contributed by atoms with Crippen molar-refractivity contribution in [3.05, 3.63) is 94.2 Å². The van der Waals surface area contributed by atoms with Crippen molar-refractivity contribution in [2.45, 2.75) is 6.92 Å². The van der Waals surface area contributed by atoms with Crippen molar-refractivity contribution >= 4 is 22.7 Å². The highest BCUT2D eigenvalue weighted by Crippen LogP contribution is 2.25. The Balaban J connectivity index is 1.59. The number of hydrogen-bond acceptors (Lipinski definition) is 4. The van der Waals surface area contributed by atoms with Crippen LogP contribution in [0.15, 0.2) is 76.1 Å². The Kier molecular flexibility index (Phi) is 4.45. The average molecular weight is 374 g/mol. The molecule has 0 atom stereocenters. The van der Waals surface area contributed by atoms with Gasteiger partial charge in [0.25, 0.3) is 5.91 Å². The number of rotatable bonds is 3. The first-order chi connectivity index (χ1) is 13.5. The monoisotopic (exact) mass is 374 g/mol. The lowest BCUT2D eigenvalue weighted by Gasteiger charge is -2.07. The summed E-state index contributed by atoms with van der Waals surface area (Å²) in [4.78, 5) is 27.7. The van der Waals surface area contributed by atoms with Crippen LogP contribution in [0.2, 0.25) is 0 Å². The van der Waals surface area contributed by atoms with Gasteiger partial charge in [0.15, 0.2) is 0 Å². The van der Waals surface area contributed by atoms with Crippen molar-refractivity contribution in [3.8, 4) is 11.1 Å². The van der Waals surface area contributed by atoms with E-state index in [1.165, 1.54) is 18.2 Å². The molecule has 0 radical (unpaired) electrons. The molecule has 0 fully saturated rings. The minimum Gasteiger partial charge on any atom is -0.423 e. The number of hydrogen-bond donors (Lipinski definition) is 1. The fourth-order valence-corrected chi connectivity index (χ4v) is 2.96. The standard InChI is InChI=1S/C22H15FN2O3/c1-13-10-21(26)28-19-11-16(6-8-18(13)19)14-2-4-15(5-3-14)22(27)25-20-9-7-17(23)12-24-20/h2-12H,1H3,(H,24,25,27). The minimum absolute atomic E-state index is 0.274. The van der Waals surface area contributed by atoms with Gasteiger partial charge >= 0.3 is 5.63 Å². The lowest BCUT2D eigenvalue weighted by atomic mass is 10.0. The molecule has 2 heterocycles. The summed E-state index contributed by atoms with van der Waals surface area (Å²) in [5.74, 6) is -0.537. The first kappa shape index (κ1) is 17.6. The molecule has 0 unspecified atom stereocenters. The van der Waals surface area contributed by atoms with E-state index in [-0.39, 0.29) is 17.4 Å². The van der Waals surface area contributed by atoms with Gasteiger partial charge in [0.1, 0.15) is 17.2 Å². The van der Waals surface area contributed by atoms with Crippen molar-refractivity contribution in [2.75, 3.05) is 5.32 Å². The third-order valence-electron chi connectivity index (χ3n) is 4.40. The minimum atomic E-state index is -0.469. The predicted molar refractivity (Wildman–Crippen MR) is 105 cm³/mol. The smallest absolute Gasteiger partial charge is 0.336 e. The Bertz CT molecular complexity index is 1230. The quantitative estimate of drug-likeness (QED) is 0.534. The number of aromatic nitrogens is 1. The number of amides is 1. The molecule has 0 aliphatic rings. The number of benzene rings is 2. The summed E-state index contributed by atoms with van der Waals surface area (Å²) >= 11 is 0. The Hall–Kier alpha value is -3.80. The molecule has 5 nitrogen and oxygen atoms in total. The van der Waals surface area contributed by atoms with Crippen LogP contribution in [0, 0.1) is 12.7 Å². The van der Waals surface area contributed by atoms with Crippen molar-refractivity contribution in [1.82, 2.24) is 4.98 Å². The Labute approximate surface area is 159 Å². The SMILES string of the molecule is Cc1cc(=O)oc2cc(-c3ccc(C(=O)Nc4ccc(F)cn4)cc3)ccc12. The van der Waals surface area contributed by atoms with Gasteiger partial charge in [-0.1, -0.05) is 24.3 Å². The van der Waals surface area contributed by atoms with Crippen LogP contribution in [-0.2, 0) is 0 Å². The molecule has 138 valence electrons. The third kappa shape index (κ3) is 3.53. The zero-order chi connectivity index (χ0) is 19.7. The molecule has 0 saturated heterocycles. The second-order valence-corrected chi connectivity index (χ2v) is 6.35. The average Bonchev–Trinajstić information content (AvgIpc) is 2.69. The van der Waals surface area contributed by atoms with Gasteiger partial charge in [0, 0.05) is 17.0 Å². The highest BCUT2D eigenvalue weighted by Gasteiger charge is 2.09. The second-order valence-electron chi connectivity index (χ2n) is 6.35. The fraction of sp³-hybridized carbons (Fsp3) is 0.0455. The third-order valence-corrected chi connectivity index (χ3v) is 4.40. The number of carbonyl (C=O) groups is 1. The topological polar surface area (TPSA) is 72.2 Å². The zero-order valence-corrected chi connectivity index (χ0v) is 14.9. The molecule has 0 aliphatic heterocycles. The number of carbonyl (C=O) groups excluding carboxylic acids is 1. The summed E-state index contributed by atoms with van der Waals surface area (Å²) in [5, 5.41) is 3.50. The normalized spacial score (nSPS) is 10.8.